The van der Waals surface area contributed by atoms with Gasteiger partial charge < -0.3 is 4.79 Å². The van der Waals surface area contributed by atoms with Crippen LogP contribution in [-0.2, 0) is 4.79 Å². The summed E-state index contributed by atoms with van der Waals surface area (Å²) in [5.41, 5.74) is 0. The molecule has 0 spiro atoms. The van der Waals surface area contributed by atoms with Gasteiger partial charge in [-0.05, 0) is 31.2 Å². The van der Waals surface area contributed by atoms with E-state index in [1.54, 1.807) is 0 Å². The first-order valence-corrected chi connectivity index (χ1v) is 5.41. The van der Waals surface area contributed by atoms with Crippen LogP contribution in [0.15, 0.2) is 0 Å². The number of rotatable bonds is 1. The second-order valence-corrected chi connectivity index (χ2v) is 4.82. The van der Waals surface area contributed by atoms with Gasteiger partial charge in [0.25, 0.3) is 0 Å². The van der Waals surface area contributed by atoms with E-state index in [9.17, 15) is 4.79 Å². The van der Waals surface area contributed by atoms with E-state index in [-0.39, 0.29) is 0 Å². The molecule has 2 aliphatic rings. The molecule has 0 saturated carbocycles. The quantitative estimate of drug-likeness (QED) is 0.572. The molecule has 2 saturated heterocycles. The van der Waals surface area contributed by atoms with E-state index in [4.69, 9.17) is 0 Å². The van der Waals surface area contributed by atoms with Crippen molar-refractivity contribution in [1.29, 1.82) is 0 Å². The summed E-state index contributed by atoms with van der Waals surface area (Å²) in [5, 5.41) is 0. The summed E-state index contributed by atoms with van der Waals surface area (Å²) < 4.78 is 0. The molecule has 2 aliphatic heterocycles. The molecule has 0 radical (unpaired) electrons. The Labute approximate surface area is 80.3 Å². The molecule has 13 heavy (non-hydrogen) atoms. The molecule has 0 aromatic carbocycles. The lowest BCUT2D eigenvalue weighted by Crippen LogP contribution is -2.40. The van der Waals surface area contributed by atoms with E-state index >= 15 is 0 Å². The van der Waals surface area contributed by atoms with Crippen molar-refractivity contribution in [3.05, 3.63) is 0 Å². The third kappa shape index (κ3) is 1.52. The number of hydrogen-bond donors (Lipinski definition) is 0. The molecule has 0 N–H and O–H groups in total. The molecule has 4 atom stereocenters. The SMILES string of the molecule is CC1CN2CCC(C=O)CC2C1C. The second kappa shape index (κ2) is 3.41. The lowest BCUT2D eigenvalue weighted by molar-refractivity contribution is -0.112. The van der Waals surface area contributed by atoms with E-state index < -0.39 is 0 Å². The Kier molecular flexibility index (Phi) is 2.41. The van der Waals surface area contributed by atoms with Crippen molar-refractivity contribution in [3.63, 3.8) is 0 Å². The first-order valence-electron chi connectivity index (χ1n) is 5.41. The van der Waals surface area contributed by atoms with Gasteiger partial charge in [-0.1, -0.05) is 13.8 Å². The second-order valence-electron chi connectivity index (χ2n) is 4.82. The zero-order valence-electron chi connectivity index (χ0n) is 8.57. The van der Waals surface area contributed by atoms with Gasteiger partial charge in [0.1, 0.15) is 6.29 Å². The topological polar surface area (TPSA) is 20.3 Å². The number of nitrogens with zero attached hydrogens (tertiary/aromatic N) is 1. The minimum atomic E-state index is 0.342. The average molecular weight is 181 g/mol. The smallest absolute Gasteiger partial charge is 0.123 e. The van der Waals surface area contributed by atoms with Crippen LogP contribution in [0.5, 0.6) is 0 Å². The molecule has 4 unspecified atom stereocenters. The number of carbonyl (C=O) groups excluding carboxylic acids is 1. The van der Waals surface area contributed by atoms with Gasteiger partial charge in [0, 0.05) is 18.5 Å². The predicted octanol–water partition coefficient (Wildman–Crippen LogP) is 1.55. The van der Waals surface area contributed by atoms with E-state index in [0.717, 1.165) is 37.5 Å². The van der Waals surface area contributed by atoms with Gasteiger partial charge in [0.15, 0.2) is 0 Å². The Morgan fingerprint density at radius 2 is 2.15 bits per heavy atom. The Morgan fingerprint density at radius 3 is 2.85 bits per heavy atom. The predicted molar refractivity (Wildman–Crippen MR) is 52.5 cm³/mol. The van der Waals surface area contributed by atoms with Crippen molar-refractivity contribution < 1.29 is 4.79 Å². The average Bonchev–Trinajstić information content (AvgIpc) is 2.43. The van der Waals surface area contributed by atoms with Crippen molar-refractivity contribution in [2.75, 3.05) is 13.1 Å². The number of fused-ring (bicyclic) bond motifs is 1. The molecule has 0 aromatic heterocycles. The van der Waals surface area contributed by atoms with E-state index in [1.807, 2.05) is 0 Å². The van der Waals surface area contributed by atoms with Crippen LogP contribution in [0.4, 0.5) is 0 Å². The zero-order chi connectivity index (χ0) is 9.42. The fourth-order valence-electron chi connectivity index (χ4n) is 2.89. The summed E-state index contributed by atoms with van der Waals surface area (Å²) in [5.74, 6) is 1.94. The molecule has 2 fully saturated rings. The first kappa shape index (κ1) is 9.20. The highest BCUT2D eigenvalue weighted by atomic mass is 16.1. The molecule has 0 amide bonds. The Bertz CT molecular complexity index is 204. The molecular weight excluding hydrogens is 162 g/mol. The number of hydrogen-bond acceptors (Lipinski definition) is 2. The maximum atomic E-state index is 10.7. The van der Waals surface area contributed by atoms with E-state index in [0.29, 0.717) is 12.0 Å². The molecule has 0 bridgehead atoms. The number of piperidine rings is 1. The van der Waals surface area contributed by atoms with Crippen LogP contribution in [0.2, 0.25) is 0 Å². The van der Waals surface area contributed by atoms with Gasteiger partial charge in [-0.3, -0.25) is 4.90 Å². The van der Waals surface area contributed by atoms with Crippen LogP contribution in [0, 0.1) is 17.8 Å². The highest BCUT2D eigenvalue weighted by Crippen LogP contribution is 2.36. The summed E-state index contributed by atoms with van der Waals surface area (Å²) in [6, 6.07) is 0.693. The van der Waals surface area contributed by atoms with Gasteiger partial charge >= 0.3 is 0 Å². The molecule has 74 valence electrons. The maximum absolute atomic E-state index is 10.7. The lowest BCUT2D eigenvalue weighted by Gasteiger charge is -2.34. The van der Waals surface area contributed by atoms with Crippen LogP contribution >= 0.6 is 0 Å². The van der Waals surface area contributed by atoms with Crippen molar-refractivity contribution in [3.8, 4) is 0 Å². The van der Waals surface area contributed by atoms with Gasteiger partial charge in [0.05, 0.1) is 0 Å². The Hall–Kier alpha value is -0.370. The number of carbonyl (C=O) groups is 1. The van der Waals surface area contributed by atoms with Crippen molar-refractivity contribution in [2.45, 2.75) is 32.7 Å². The highest BCUT2D eigenvalue weighted by molar-refractivity contribution is 5.53. The van der Waals surface area contributed by atoms with Crippen LogP contribution < -0.4 is 0 Å². The van der Waals surface area contributed by atoms with Crippen LogP contribution in [0.25, 0.3) is 0 Å². The summed E-state index contributed by atoms with van der Waals surface area (Å²) in [6.45, 7) is 7.06. The summed E-state index contributed by atoms with van der Waals surface area (Å²) in [6.07, 6.45) is 3.35. The molecule has 0 aromatic rings. The van der Waals surface area contributed by atoms with Crippen molar-refractivity contribution in [2.24, 2.45) is 17.8 Å². The largest absolute Gasteiger partial charge is 0.303 e. The molecule has 0 aliphatic carbocycles. The third-order valence-electron chi connectivity index (χ3n) is 4.02. The minimum Gasteiger partial charge on any atom is -0.303 e. The minimum absolute atomic E-state index is 0.342. The van der Waals surface area contributed by atoms with Crippen LogP contribution in [0.3, 0.4) is 0 Å². The number of aldehydes is 1. The van der Waals surface area contributed by atoms with E-state index in [2.05, 4.69) is 18.7 Å². The molecule has 2 heterocycles. The third-order valence-corrected chi connectivity index (χ3v) is 4.02. The van der Waals surface area contributed by atoms with E-state index in [1.165, 1.54) is 6.54 Å². The summed E-state index contributed by atoms with van der Waals surface area (Å²) in [7, 11) is 0. The fraction of sp³-hybridized carbons (Fsp3) is 0.909. The van der Waals surface area contributed by atoms with Crippen molar-refractivity contribution in [1.82, 2.24) is 4.90 Å². The monoisotopic (exact) mass is 181 g/mol. The van der Waals surface area contributed by atoms with Gasteiger partial charge in [0.2, 0.25) is 0 Å². The zero-order valence-corrected chi connectivity index (χ0v) is 8.57. The molecule has 2 rings (SSSR count). The summed E-state index contributed by atoms with van der Waals surface area (Å²) >= 11 is 0. The van der Waals surface area contributed by atoms with Gasteiger partial charge in [-0.25, -0.2) is 0 Å². The molecule has 2 nitrogen and oxygen atoms in total. The Balaban J connectivity index is 2.04. The Morgan fingerprint density at radius 1 is 1.38 bits per heavy atom. The molecular formula is C11H19NO. The van der Waals surface area contributed by atoms with Gasteiger partial charge in [-0.2, -0.15) is 0 Å². The molecule has 2 heteroatoms. The van der Waals surface area contributed by atoms with Crippen LogP contribution in [-0.4, -0.2) is 30.3 Å². The van der Waals surface area contributed by atoms with Crippen molar-refractivity contribution >= 4 is 6.29 Å². The highest BCUT2D eigenvalue weighted by Gasteiger charge is 2.39. The van der Waals surface area contributed by atoms with Crippen LogP contribution in [0.1, 0.15) is 26.7 Å². The maximum Gasteiger partial charge on any atom is 0.123 e. The summed E-state index contributed by atoms with van der Waals surface area (Å²) in [4.78, 5) is 13.3. The fourth-order valence-corrected chi connectivity index (χ4v) is 2.89. The lowest BCUT2D eigenvalue weighted by atomic mass is 9.85. The first-order chi connectivity index (χ1) is 6.22. The normalized spacial score (nSPS) is 46.0. The van der Waals surface area contributed by atoms with Gasteiger partial charge in [-0.15, -0.1) is 0 Å². The standard InChI is InChI=1S/C11H19NO/c1-8-6-12-4-3-10(7-13)5-11(12)9(8)2/h7-11H,3-6H2,1-2H3.